The standard InChI is InChI=1S/C25H31BrN2O4/c1-2-3-4-5-14-32-23-13-10-19(26)16-22(23)25(30)28-20-11-8-18(9-12-20)24(29)27-17-21-7-6-15-31-21/h8-13,16,21H,2-7,14-15,17H2,1H3,(H,27,29)(H,28,30). The van der Waals surface area contributed by atoms with Crippen molar-refractivity contribution >= 4 is 33.4 Å². The van der Waals surface area contributed by atoms with Crippen LogP contribution >= 0.6 is 15.9 Å². The van der Waals surface area contributed by atoms with Crippen LogP contribution in [0, 0.1) is 0 Å². The van der Waals surface area contributed by atoms with Crippen LogP contribution in [0.2, 0.25) is 0 Å². The number of hydrogen-bond acceptors (Lipinski definition) is 4. The van der Waals surface area contributed by atoms with Gasteiger partial charge in [-0.3, -0.25) is 9.59 Å². The van der Waals surface area contributed by atoms with Gasteiger partial charge in [-0.1, -0.05) is 42.1 Å². The zero-order chi connectivity index (χ0) is 22.8. The van der Waals surface area contributed by atoms with Crippen molar-refractivity contribution in [1.82, 2.24) is 5.32 Å². The first-order chi connectivity index (χ1) is 15.6. The molecule has 1 aliphatic rings. The van der Waals surface area contributed by atoms with Gasteiger partial charge in [-0.2, -0.15) is 0 Å². The molecule has 1 atom stereocenters. The summed E-state index contributed by atoms with van der Waals surface area (Å²) in [7, 11) is 0. The van der Waals surface area contributed by atoms with Gasteiger partial charge in [0.1, 0.15) is 5.75 Å². The Bertz CT molecular complexity index is 895. The van der Waals surface area contributed by atoms with Gasteiger partial charge in [0.15, 0.2) is 0 Å². The quantitative estimate of drug-likeness (QED) is 0.393. The van der Waals surface area contributed by atoms with E-state index in [-0.39, 0.29) is 17.9 Å². The lowest BCUT2D eigenvalue weighted by Crippen LogP contribution is -2.31. The summed E-state index contributed by atoms with van der Waals surface area (Å²) in [5.74, 6) is 0.155. The third kappa shape index (κ3) is 7.35. The van der Waals surface area contributed by atoms with E-state index in [0.717, 1.165) is 36.8 Å². The lowest BCUT2D eigenvalue weighted by Gasteiger charge is -2.13. The summed E-state index contributed by atoms with van der Waals surface area (Å²) in [6, 6.07) is 12.3. The summed E-state index contributed by atoms with van der Waals surface area (Å²) in [4.78, 5) is 25.2. The Balaban J connectivity index is 1.56. The van der Waals surface area contributed by atoms with Crippen molar-refractivity contribution in [1.29, 1.82) is 0 Å². The SMILES string of the molecule is CCCCCCOc1ccc(Br)cc1C(=O)Nc1ccc(C(=O)NCC2CCCO2)cc1. The average Bonchev–Trinajstić information content (AvgIpc) is 3.32. The van der Waals surface area contributed by atoms with Crippen LogP contribution in [0.3, 0.4) is 0 Å². The second-order valence-corrected chi connectivity index (χ2v) is 8.84. The fourth-order valence-electron chi connectivity index (χ4n) is 3.53. The summed E-state index contributed by atoms with van der Waals surface area (Å²) in [5, 5.41) is 5.79. The largest absolute Gasteiger partial charge is 0.493 e. The van der Waals surface area contributed by atoms with E-state index in [4.69, 9.17) is 9.47 Å². The summed E-state index contributed by atoms with van der Waals surface area (Å²) >= 11 is 3.43. The molecule has 3 rings (SSSR count). The van der Waals surface area contributed by atoms with E-state index in [0.29, 0.717) is 35.7 Å². The Labute approximate surface area is 198 Å². The Morgan fingerprint density at radius 1 is 1.09 bits per heavy atom. The van der Waals surface area contributed by atoms with Gasteiger partial charge >= 0.3 is 0 Å². The number of nitrogens with one attached hydrogen (secondary N) is 2. The summed E-state index contributed by atoms with van der Waals surface area (Å²) in [5.41, 5.74) is 1.62. The van der Waals surface area contributed by atoms with E-state index in [1.54, 1.807) is 36.4 Å². The van der Waals surface area contributed by atoms with Crippen molar-refractivity contribution in [3.05, 3.63) is 58.1 Å². The molecule has 1 aliphatic heterocycles. The van der Waals surface area contributed by atoms with Crippen LogP contribution in [0.5, 0.6) is 5.75 Å². The van der Waals surface area contributed by atoms with E-state index in [9.17, 15) is 9.59 Å². The molecule has 0 aliphatic carbocycles. The predicted molar refractivity (Wildman–Crippen MR) is 129 cm³/mol. The molecule has 1 fully saturated rings. The van der Waals surface area contributed by atoms with Gasteiger partial charge in [-0.25, -0.2) is 0 Å². The van der Waals surface area contributed by atoms with Gasteiger partial charge in [0.25, 0.3) is 11.8 Å². The lowest BCUT2D eigenvalue weighted by atomic mass is 10.1. The Morgan fingerprint density at radius 2 is 1.91 bits per heavy atom. The van der Waals surface area contributed by atoms with Crippen LogP contribution in [0.1, 0.15) is 66.2 Å². The van der Waals surface area contributed by atoms with Crippen molar-refractivity contribution in [3.8, 4) is 5.75 Å². The zero-order valence-electron chi connectivity index (χ0n) is 18.5. The van der Waals surface area contributed by atoms with Gasteiger partial charge in [-0.15, -0.1) is 0 Å². The second kappa shape index (κ2) is 12.6. The van der Waals surface area contributed by atoms with Crippen molar-refractivity contribution in [2.24, 2.45) is 0 Å². The minimum absolute atomic E-state index is 0.103. The number of ether oxygens (including phenoxy) is 2. The number of unbranched alkanes of at least 4 members (excludes halogenated alkanes) is 3. The van der Waals surface area contributed by atoms with E-state index in [1.165, 1.54) is 12.8 Å². The Hall–Kier alpha value is -2.38. The normalized spacial score (nSPS) is 15.4. The minimum Gasteiger partial charge on any atom is -0.493 e. The van der Waals surface area contributed by atoms with Crippen LogP contribution in [0.4, 0.5) is 5.69 Å². The molecule has 0 bridgehead atoms. The van der Waals surface area contributed by atoms with Gasteiger partial charge in [0.2, 0.25) is 0 Å². The fraction of sp³-hybridized carbons (Fsp3) is 0.440. The fourth-order valence-corrected chi connectivity index (χ4v) is 3.89. The Kier molecular flexibility index (Phi) is 9.56. The van der Waals surface area contributed by atoms with E-state index in [2.05, 4.69) is 33.5 Å². The maximum Gasteiger partial charge on any atom is 0.259 e. The topological polar surface area (TPSA) is 76.7 Å². The van der Waals surface area contributed by atoms with Crippen molar-refractivity contribution < 1.29 is 19.1 Å². The van der Waals surface area contributed by atoms with Crippen LogP contribution in [0.25, 0.3) is 0 Å². The summed E-state index contributed by atoms with van der Waals surface area (Å²) in [6.45, 7) is 4.03. The van der Waals surface area contributed by atoms with Crippen LogP contribution in [-0.2, 0) is 4.74 Å². The predicted octanol–water partition coefficient (Wildman–Crippen LogP) is 5.57. The number of benzene rings is 2. The number of hydrogen-bond donors (Lipinski definition) is 2. The van der Waals surface area contributed by atoms with Crippen LogP contribution in [0.15, 0.2) is 46.9 Å². The maximum atomic E-state index is 12.9. The number of anilines is 1. The molecule has 2 aromatic rings. The molecule has 6 nitrogen and oxygen atoms in total. The van der Waals surface area contributed by atoms with Crippen molar-refractivity contribution in [3.63, 3.8) is 0 Å². The highest BCUT2D eigenvalue weighted by Gasteiger charge is 2.17. The van der Waals surface area contributed by atoms with Crippen LogP contribution in [-0.4, -0.2) is 37.7 Å². The van der Waals surface area contributed by atoms with E-state index >= 15 is 0 Å². The molecule has 32 heavy (non-hydrogen) atoms. The first-order valence-electron chi connectivity index (χ1n) is 11.3. The molecule has 1 saturated heterocycles. The van der Waals surface area contributed by atoms with Gasteiger partial charge in [0.05, 0.1) is 18.3 Å². The lowest BCUT2D eigenvalue weighted by molar-refractivity contribution is 0.0857. The molecule has 2 aromatic carbocycles. The molecule has 0 aromatic heterocycles. The van der Waals surface area contributed by atoms with Gasteiger partial charge in [0, 0.05) is 28.9 Å². The molecule has 0 radical (unpaired) electrons. The molecule has 1 heterocycles. The third-order valence-corrected chi connectivity index (χ3v) is 5.85. The smallest absolute Gasteiger partial charge is 0.259 e. The van der Waals surface area contributed by atoms with E-state index in [1.807, 2.05) is 6.07 Å². The minimum atomic E-state index is -0.259. The molecular weight excluding hydrogens is 472 g/mol. The van der Waals surface area contributed by atoms with E-state index < -0.39 is 0 Å². The number of amides is 2. The summed E-state index contributed by atoms with van der Waals surface area (Å²) in [6.07, 6.45) is 6.54. The third-order valence-electron chi connectivity index (χ3n) is 5.36. The number of halogens is 1. The van der Waals surface area contributed by atoms with Gasteiger partial charge in [-0.05, 0) is 61.7 Å². The monoisotopic (exact) mass is 502 g/mol. The molecule has 2 amide bonds. The zero-order valence-corrected chi connectivity index (χ0v) is 20.1. The summed E-state index contributed by atoms with van der Waals surface area (Å²) < 4.78 is 12.2. The molecule has 0 spiro atoms. The highest BCUT2D eigenvalue weighted by Crippen LogP contribution is 2.25. The second-order valence-electron chi connectivity index (χ2n) is 7.93. The molecule has 1 unspecified atom stereocenters. The van der Waals surface area contributed by atoms with Crippen molar-refractivity contribution in [2.75, 3.05) is 25.1 Å². The highest BCUT2D eigenvalue weighted by molar-refractivity contribution is 9.10. The van der Waals surface area contributed by atoms with Crippen molar-refractivity contribution in [2.45, 2.75) is 51.6 Å². The molecule has 172 valence electrons. The molecule has 0 saturated carbocycles. The highest BCUT2D eigenvalue weighted by atomic mass is 79.9. The molecule has 2 N–H and O–H groups in total. The number of rotatable bonds is 11. The first-order valence-corrected chi connectivity index (χ1v) is 12.1. The molecule has 7 heteroatoms. The Morgan fingerprint density at radius 3 is 2.62 bits per heavy atom. The molecular formula is C25H31BrN2O4. The van der Waals surface area contributed by atoms with Gasteiger partial charge < -0.3 is 20.1 Å². The van der Waals surface area contributed by atoms with Crippen LogP contribution < -0.4 is 15.4 Å². The average molecular weight is 503 g/mol. The maximum absolute atomic E-state index is 12.9. The number of carbonyl (C=O) groups is 2. The first kappa shape index (κ1) is 24.3. The number of carbonyl (C=O) groups excluding carboxylic acids is 2.